The van der Waals surface area contributed by atoms with Crippen molar-refractivity contribution in [3.63, 3.8) is 0 Å². The fraction of sp³-hybridized carbons (Fsp3) is 0.278. The molecule has 0 unspecified atom stereocenters. The van der Waals surface area contributed by atoms with E-state index in [1.165, 1.54) is 28.3 Å². The molecule has 2 rings (SSSR count). The summed E-state index contributed by atoms with van der Waals surface area (Å²) in [7, 11) is 4.35. The maximum atomic E-state index is 13.7. The molecule has 0 saturated heterocycles. The van der Waals surface area contributed by atoms with Crippen LogP contribution in [0.2, 0.25) is 0 Å². The molecule has 0 heterocycles. The molecule has 0 spiro atoms. The SMILES string of the molecule is COc1cc(N[C@@H](C)C(=O)Nc2ccc(F)c(F)c2F)cc(OC)c1OC. The number of benzene rings is 2. The van der Waals surface area contributed by atoms with Gasteiger partial charge in [0.05, 0.1) is 27.0 Å². The monoisotopic (exact) mass is 384 g/mol. The predicted octanol–water partition coefficient (Wildman–Crippen LogP) is 3.57. The lowest BCUT2D eigenvalue weighted by molar-refractivity contribution is -0.116. The summed E-state index contributed by atoms with van der Waals surface area (Å²) in [6.07, 6.45) is 0. The van der Waals surface area contributed by atoms with Crippen LogP contribution in [-0.2, 0) is 4.79 Å². The zero-order valence-electron chi connectivity index (χ0n) is 15.2. The molecule has 2 aromatic rings. The molecular weight excluding hydrogens is 365 g/mol. The van der Waals surface area contributed by atoms with Crippen LogP contribution in [0.25, 0.3) is 0 Å². The standard InChI is InChI=1S/C18H19F3N2O4/c1-9(18(24)23-12-6-5-11(19)15(20)16(12)21)22-10-7-13(25-2)17(27-4)14(8-10)26-3/h5-9,22H,1-4H3,(H,23,24)/t9-/m0/s1. The maximum Gasteiger partial charge on any atom is 0.246 e. The highest BCUT2D eigenvalue weighted by Gasteiger charge is 2.20. The summed E-state index contributed by atoms with van der Waals surface area (Å²) in [6, 6.07) is 4.00. The van der Waals surface area contributed by atoms with Gasteiger partial charge in [-0.1, -0.05) is 0 Å². The summed E-state index contributed by atoms with van der Waals surface area (Å²) in [5, 5.41) is 5.10. The lowest BCUT2D eigenvalue weighted by Gasteiger charge is -2.18. The van der Waals surface area contributed by atoms with E-state index in [0.717, 1.165) is 12.1 Å². The second-order valence-electron chi connectivity index (χ2n) is 5.49. The summed E-state index contributed by atoms with van der Waals surface area (Å²) in [4.78, 5) is 12.3. The Morgan fingerprint density at radius 2 is 1.56 bits per heavy atom. The van der Waals surface area contributed by atoms with Crippen molar-refractivity contribution in [1.29, 1.82) is 0 Å². The molecule has 2 aromatic carbocycles. The number of ether oxygens (including phenoxy) is 3. The average molecular weight is 384 g/mol. The summed E-state index contributed by atoms with van der Waals surface area (Å²) in [5.74, 6) is -3.99. The fourth-order valence-corrected chi connectivity index (χ4v) is 2.34. The van der Waals surface area contributed by atoms with Gasteiger partial charge >= 0.3 is 0 Å². The van der Waals surface area contributed by atoms with Gasteiger partial charge in [-0.2, -0.15) is 0 Å². The van der Waals surface area contributed by atoms with Crippen LogP contribution < -0.4 is 24.8 Å². The van der Waals surface area contributed by atoms with Crippen molar-refractivity contribution < 1.29 is 32.2 Å². The molecule has 0 aliphatic rings. The van der Waals surface area contributed by atoms with Gasteiger partial charge in [-0.25, -0.2) is 13.2 Å². The van der Waals surface area contributed by atoms with Crippen molar-refractivity contribution in [1.82, 2.24) is 0 Å². The number of carbonyl (C=O) groups excluding carboxylic acids is 1. The van der Waals surface area contributed by atoms with E-state index >= 15 is 0 Å². The quantitative estimate of drug-likeness (QED) is 0.715. The molecule has 0 aromatic heterocycles. The summed E-state index contributed by atoms with van der Waals surface area (Å²) in [5.41, 5.74) is 0.00958. The van der Waals surface area contributed by atoms with Crippen LogP contribution in [0.3, 0.4) is 0 Å². The van der Waals surface area contributed by atoms with E-state index in [1.54, 1.807) is 12.1 Å². The Morgan fingerprint density at radius 1 is 0.963 bits per heavy atom. The highest BCUT2D eigenvalue weighted by molar-refractivity contribution is 5.96. The van der Waals surface area contributed by atoms with Crippen LogP contribution in [0.1, 0.15) is 6.92 Å². The molecule has 0 saturated carbocycles. The first-order valence-electron chi connectivity index (χ1n) is 7.83. The van der Waals surface area contributed by atoms with E-state index in [-0.39, 0.29) is 0 Å². The number of carbonyl (C=O) groups is 1. The van der Waals surface area contributed by atoms with E-state index in [9.17, 15) is 18.0 Å². The Labute approximate surface area is 154 Å². The van der Waals surface area contributed by atoms with Crippen LogP contribution in [-0.4, -0.2) is 33.3 Å². The molecule has 2 N–H and O–H groups in total. The Morgan fingerprint density at radius 3 is 2.07 bits per heavy atom. The lowest BCUT2D eigenvalue weighted by atomic mass is 10.2. The topological polar surface area (TPSA) is 68.8 Å². The zero-order chi connectivity index (χ0) is 20.1. The van der Waals surface area contributed by atoms with E-state index in [0.29, 0.717) is 22.9 Å². The first kappa shape index (κ1) is 20.2. The van der Waals surface area contributed by atoms with Crippen LogP contribution in [0.15, 0.2) is 24.3 Å². The van der Waals surface area contributed by atoms with Crippen LogP contribution in [0, 0.1) is 17.5 Å². The second kappa shape index (κ2) is 8.52. The molecule has 0 aliphatic carbocycles. The van der Waals surface area contributed by atoms with Gasteiger partial charge in [-0.3, -0.25) is 4.79 Å². The number of hydrogen-bond acceptors (Lipinski definition) is 5. The smallest absolute Gasteiger partial charge is 0.246 e. The normalized spacial score (nSPS) is 11.5. The molecule has 1 amide bonds. The summed E-state index contributed by atoms with van der Waals surface area (Å²) >= 11 is 0. The molecule has 6 nitrogen and oxygen atoms in total. The number of rotatable bonds is 7. The van der Waals surface area contributed by atoms with E-state index < -0.39 is 35.1 Å². The molecule has 0 bridgehead atoms. The Bertz CT molecular complexity index is 821. The Balaban J connectivity index is 2.18. The van der Waals surface area contributed by atoms with Gasteiger partial charge in [0.1, 0.15) is 6.04 Å². The Hall–Kier alpha value is -3.10. The van der Waals surface area contributed by atoms with Crippen molar-refractivity contribution in [2.24, 2.45) is 0 Å². The number of anilines is 2. The van der Waals surface area contributed by atoms with Gasteiger partial charge in [0.2, 0.25) is 11.7 Å². The minimum Gasteiger partial charge on any atom is -0.493 e. The van der Waals surface area contributed by atoms with Gasteiger partial charge in [0.15, 0.2) is 29.0 Å². The van der Waals surface area contributed by atoms with Crippen molar-refractivity contribution in [2.45, 2.75) is 13.0 Å². The highest BCUT2D eigenvalue weighted by Crippen LogP contribution is 2.40. The maximum absolute atomic E-state index is 13.7. The highest BCUT2D eigenvalue weighted by atomic mass is 19.2. The Kier molecular flexibility index (Phi) is 6.38. The van der Waals surface area contributed by atoms with Gasteiger partial charge in [-0.15, -0.1) is 0 Å². The minimum absolute atomic E-state index is 0.374. The number of methoxy groups -OCH3 is 3. The number of amides is 1. The van der Waals surface area contributed by atoms with E-state index in [1.807, 2.05) is 0 Å². The molecule has 9 heteroatoms. The molecule has 27 heavy (non-hydrogen) atoms. The lowest BCUT2D eigenvalue weighted by Crippen LogP contribution is -2.32. The second-order valence-corrected chi connectivity index (χ2v) is 5.49. The predicted molar refractivity (Wildman–Crippen MR) is 94.1 cm³/mol. The fourth-order valence-electron chi connectivity index (χ4n) is 2.34. The summed E-state index contributed by atoms with van der Waals surface area (Å²) < 4.78 is 55.6. The zero-order valence-corrected chi connectivity index (χ0v) is 15.2. The molecule has 146 valence electrons. The van der Waals surface area contributed by atoms with Gasteiger partial charge in [0.25, 0.3) is 0 Å². The molecule has 0 aliphatic heterocycles. The first-order valence-corrected chi connectivity index (χ1v) is 7.83. The molecular formula is C18H19F3N2O4. The van der Waals surface area contributed by atoms with E-state index in [2.05, 4.69) is 10.6 Å². The molecule has 0 fully saturated rings. The first-order chi connectivity index (χ1) is 12.8. The summed E-state index contributed by atoms with van der Waals surface area (Å²) in [6.45, 7) is 1.51. The largest absolute Gasteiger partial charge is 0.493 e. The van der Waals surface area contributed by atoms with Crippen molar-refractivity contribution in [3.05, 3.63) is 41.7 Å². The third-order valence-corrected chi connectivity index (χ3v) is 3.73. The van der Waals surface area contributed by atoms with Gasteiger partial charge < -0.3 is 24.8 Å². The van der Waals surface area contributed by atoms with Crippen molar-refractivity contribution in [2.75, 3.05) is 32.0 Å². The van der Waals surface area contributed by atoms with Crippen LogP contribution in [0.5, 0.6) is 17.2 Å². The third-order valence-electron chi connectivity index (χ3n) is 3.73. The van der Waals surface area contributed by atoms with E-state index in [4.69, 9.17) is 14.2 Å². The van der Waals surface area contributed by atoms with Crippen LogP contribution in [0.4, 0.5) is 24.5 Å². The van der Waals surface area contributed by atoms with Crippen LogP contribution >= 0.6 is 0 Å². The van der Waals surface area contributed by atoms with Crippen molar-refractivity contribution >= 4 is 17.3 Å². The van der Waals surface area contributed by atoms with Gasteiger partial charge in [-0.05, 0) is 19.1 Å². The average Bonchev–Trinajstić information content (AvgIpc) is 2.67. The van der Waals surface area contributed by atoms with Crippen molar-refractivity contribution in [3.8, 4) is 17.2 Å². The van der Waals surface area contributed by atoms with Gasteiger partial charge in [0, 0.05) is 17.8 Å². The number of halogens is 3. The third kappa shape index (κ3) is 4.36. The number of nitrogens with one attached hydrogen (secondary N) is 2. The number of hydrogen-bond donors (Lipinski definition) is 2. The molecule has 1 atom stereocenters. The minimum atomic E-state index is -1.65. The molecule has 0 radical (unpaired) electrons.